The van der Waals surface area contributed by atoms with Gasteiger partial charge in [-0.15, -0.1) is 5.10 Å². The highest BCUT2D eigenvalue weighted by atomic mass is 35.5. The summed E-state index contributed by atoms with van der Waals surface area (Å²) in [5.74, 6) is 0. The summed E-state index contributed by atoms with van der Waals surface area (Å²) < 4.78 is 3.90. The second-order valence-corrected chi connectivity index (χ2v) is 5.25. The third kappa shape index (κ3) is 3.20. The molecule has 0 fully saturated rings. The first-order chi connectivity index (χ1) is 8.72. The number of hydrogen-bond donors (Lipinski definition) is 1. The molecule has 2 aromatic rings. The maximum absolute atomic E-state index is 6.21. The highest BCUT2D eigenvalue weighted by molar-refractivity contribution is 7.03. The fraction of sp³-hybridized carbons (Fsp3) is 0.333. The van der Waals surface area contributed by atoms with Crippen LogP contribution in [0.2, 0.25) is 10.0 Å². The lowest BCUT2D eigenvalue weighted by molar-refractivity contribution is 0.535. The van der Waals surface area contributed by atoms with Gasteiger partial charge in [0.05, 0.1) is 21.8 Å². The van der Waals surface area contributed by atoms with Crippen LogP contribution in [0.15, 0.2) is 23.6 Å². The fourth-order valence-corrected chi connectivity index (χ4v) is 2.68. The molecular formula is C12H13Cl2N3S. The van der Waals surface area contributed by atoms with Gasteiger partial charge in [0.1, 0.15) is 0 Å². The van der Waals surface area contributed by atoms with Crippen molar-refractivity contribution in [3.8, 4) is 0 Å². The molecule has 0 aliphatic carbocycles. The third-order valence-electron chi connectivity index (χ3n) is 2.64. The molecule has 0 radical (unpaired) electrons. The summed E-state index contributed by atoms with van der Waals surface area (Å²) in [4.78, 5) is 0. The Morgan fingerprint density at radius 1 is 1.39 bits per heavy atom. The number of likely N-dealkylation sites (N-methyl/N-ethyl adjacent to an activating group) is 1. The Hall–Kier alpha value is -0.680. The number of rotatable bonds is 5. The Kier molecular flexibility index (Phi) is 4.95. The van der Waals surface area contributed by atoms with Crippen molar-refractivity contribution in [1.29, 1.82) is 0 Å². The van der Waals surface area contributed by atoms with Gasteiger partial charge in [-0.3, -0.25) is 0 Å². The van der Waals surface area contributed by atoms with E-state index in [-0.39, 0.29) is 6.04 Å². The summed E-state index contributed by atoms with van der Waals surface area (Å²) in [6, 6.07) is 5.80. The summed E-state index contributed by atoms with van der Waals surface area (Å²) in [5, 5.41) is 10.6. The molecule has 0 saturated carbocycles. The van der Waals surface area contributed by atoms with Crippen LogP contribution >= 0.6 is 34.7 Å². The van der Waals surface area contributed by atoms with E-state index >= 15 is 0 Å². The van der Waals surface area contributed by atoms with Crippen LogP contribution in [0, 0.1) is 0 Å². The molecule has 18 heavy (non-hydrogen) atoms. The highest BCUT2D eigenvalue weighted by Crippen LogP contribution is 2.29. The molecule has 6 heteroatoms. The summed E-state index contributed by atoms with van der Waals surface area (Å²) >= 11 is 13.6. The van der Waals surface area contributed by atoms with Gasteiger partial charge in [-0.1, -0.05) is 46.7 Å². The van der Waals surface area contributed by atoms with E-state index < -0.39 is 0 Å². The van der Waals surface area contributed by atoms with Crippen molar-refractivity contribution in [3.63, 3.8) is 0 Å². The predicted molar refractivity (Wildman–Crippen MR) is 76.5 cm³/mol. The molecule has 1 unspecified atom stereocenters. The lowest BCUT2D eigenvalue weighted by atomic mass is 10.0. The Bertz CT molecular complexity index is 502. The fourth-order valence-electron chi connectivity index (χ4n) is 1.78. The monoisotopic (exact) mass is 301 g/mol. The van der Waals surface area contributed by atoms with E-state index in [2.05, 4.69) is 21.8 Å². The van der Waals surface area contributed by atoms with Crippen molar-refractivity contribution in [2.45, 2.75) is 19.4 Å². The molecule has 0 bridgehead atoms. The van der Waals surface area contributed by atoms with Crippen molar-refractivity contribution in [2.75, 3.05) is 6.54 Å². The second-order valence-electron chi connectivity index (χ2n) is 3.86. The highest BCUT2D eigenvalue weighted by Gasteiger charge is 2.16. The number of nitrogens with zero attached hydrogens (tertiary/aromatic N) is 2. The van der Waals surface area contributed by atoms with Crippen molar-refractivity contribution >= 4 is 34.7 Å². The topological polar surface area (TPSA) is 37.8 Å². The van der Waals surface area contributed by atoms with E-state index in [1.54, 1.807) is 6.07 Å². The molecule has 1 N–H and O–H groups in total. The van der Waals surface area contributed by atoms with E-state index in [4.69, 9.17) is 23.2 Å². The molecule has 0 saturated heterocycles. The van der Waals surface area contributed by atoms with Gasteiger partial charge >= 0.3 is 0 Å². The minimum Gasteiger partial charge on any atom is -0.309 e. The zero-order valence-electron chi connectivity index (χ0n) is 9.86. The van der Waals surface area contributed by atoms with E-state index in [9.17, 15) is 0 Å². The van der Waals surface area contributed by atoms with Crippen LogP contribution in [-0.4, -0.2) is 16.1 Å². The van der Waals surface area contributed by atoms with Crippen LogP contribution in [0.5, 0.6) is 0 Å². The van der Waals surface area contributed by atoms with Crippen molar-refractivity contribution in [1.82, 2.24) is 14.9 Å². The number of halogens is 2. The SMILES string of the molecule is CCNC(Cc1cccc(Cl)c1Cl)c1csnn1. The molecule has 2 rings (SSSR count). The van der Waals surface area contributed by atoms with Crippen LogP contribution in [-0.2, 0) is 6.42 Å². The number of nitrogens with one attached hydrogen (secondary N) is 1. The maximum Gasteiger partial charge on any atom is 0.0928 e. The molecule has 1 heterocycles. The third-order valence-corrected chi connectivity index (χ3v) is 4.02. The van der Waals surface area contributed by atoms with E-state index in [1.165, 1.54) is 11.5 Å². The average Bonchev–Trinajstić information content (AvgIpc) is 2.88. The molecule has 1 atom stereocenters. The molecule has 0 amide bonds. The number of benzene rings is 1. The first kappa shape index (κ1) is 13.7. The van der Waals surface area contributed by atoms with Gasteiger partial charge in [0, 0.05) is 5.38 Å². The number of hydrogen-bond acceptors (Lipinski definition) is 4. The lowest BCUT2D eigenvalue weighted by Gasteiger charge is -2.16. The molecule has 1 aromatic carbocycles. The van der Waals surface area contributed by atoms with Crippen LogP contribution in [0.4, 0.5) is 0 Å². The first-order valence-corrected chi connectivity index (χ1v) is 7.24. The molecule has 0 aliphatic rings. The minimum atomic E-state index is 0.115. The maximum atomic E-state index is 6.21. The largest absolute Gasteiger partial charge is 0.309 e. The molecular weight excluding hydrogens is 289 g/mol. The van der Waals surface area contributed by atoms with Gasteiger partial charge in [-0.2, -0.15) is 0 Å². The van der Waals surface area contributed by atoms with Gasteiger partial charge in [0.2, 0.25) is 0 Å². The smallest absolute Gasteiger partial charge is 0.0928 e. The minimum absolute atomic E-state index is 0.115. The van der Waals surface area contributed by atoms with Crippen molar-refractivity contribution < 1.29 is 0 Å². The van der Waals surface area contributed by atoms with Crippen molar-refractivity contribution in [3.05, 3.63) is 44.9 Å². The molecule has 96 valence electrons. The van der Waals surface area contributed by atoms with Gasteiger partial charge in [-0.25, -0.2) is 0 Å². The summed E-state index contributed by atoms with van der Waals surface area (Å²) in [5.41, 5.74) is 1.96. The normalized spacial score (nSPS) is 12.6. The Morgan fingerprint density at radius 3 is 2.89 bits per heavy atom. The van der Waals surface area contributed by atoms with Gasteiger partial charge in [0.15, 0.2) is 0 Å². The van der Waals surface area contributed by atoms with Gasteiger partial charge < -0.3 is 5.32 Å². The average molecular weight is 302 g/mol. The van der Waals surface area contributed by atoms with E-state index in [0.29, 0.717) is 10.0 Å². The van der Waals surface area contributed by atoms with Crippen LogP contribution in [0.1, 0.15) is 24.2 Å². The van der Waals surface area contributed by atoms with Crippen molar-refractivity contribution in [2.24, 2.45) is 0 Å². The second kappa shape index (κ2) is 6.48. The summed E-state index contributed by atoms with van der Waals surface area (Å²) in [6.45, 7) is 2.92. The lowest BCUT2D eigenvalue weighted by Crippen LogP contribution is -2.23. The quantitative estimate of drug-likeness (QED) is 0.914. The van der Waals surface area contributed by atoms with Crippen LogP contribution in [0.25, 0.3) is 0 Å². The van der Waals surface area contributed by atoms with Crippen LogP contribution < -0.4 is 5.32 Å². The van der Waals surface area contributed by atoms with Gasteiger partial charge in [-0.05, 0) is 36.1 Å². The summed E-state index contributed by atoms with van der Waals surface area (Å²) in [6.07, 6.45) is 0.749. The van der Waals surface area contributed by atoms with E-state index in [0.717, 1.165) is 24.2 Å². The Morgan fingerprint density at radius 2 is 2.22 bits per heavy atom. The Balaban J connectivity index is 2.21. The zero-order chi connectivity index (χ0) is 13.0. The zero-order valence-corrected chi connectivity index (χ0v) is 12.2. The number of aromatic nitrogens is 2. The first-order valence-electron chi connectivity index (χ1n) is 5.65. The van der Waals surface area contributed by atoms with Gasteiger partial charge in [0.25, 0.3) is 0 Å². The molecule has 0 aliphatic heterocycles. The summed E-state index contributed by atoms with van der Waals surface area (Å²) in [7, 11) is 0. The Labute approximate surface area is 120 Å². The predicted octanol–water partition coefficient (Wildman–Crippen LogP) is 3.74. The molecule has 1 aromatic heterocycles. The standard InChI is InChI=1S/C12H13Cl2N3S/c1-2-15-10(11-7-18-17-16-11)6-8-4-3-5-9(13)12(8)14/h3-5,7,10,15H,2,6H2,1H3. The molecule has 3 nitrogen and oxygen atoms in total. The van der Waals surface area contributed by atoms with E-state index in [1.807, 2.05) is 17.5 Å². The van der Waals surface area contributed by atoms with Crippen LogP contribution in [0.3, 0.4) is 0 Å². The molecule has 0 spiro atoms.